The third kappa shape index (κ3) is 1.21. The van der Waals surface area contributed by atoms with E-state index in [-0.39, 0.29) is 0 Å². The van der Waals surface area contributed by atoms with Crippen LogP contribution in [0, 0.1) is 5.95 Å². The molecule has 0 saturated heterocycles. The molecule has 0 amide bonds. The summed E-state index contributed by atoms with van der Waals surface area (Å²) in [5.74, 6) is -2.94. The lowest BCUT2D eigenvalue weighted by molar-refractivity contribution is -0.141. The predicted molar refractivity (Wildman–Crippen MR) is 29.8 cm³/mol. The van der Waals surface area contributed by atoms with Crippen molar-refractivity contribution in [2.45, 2.75) is 6.18 Å². The van der Waals surface area contributed by atoms with E-state index in [0.29, 0.717) is 4.68 Å². The van der Waals surface area contributed by atoms with Crippen molar-refractivity contribution in [1.82, 2.24) is 9.78 Å². The zero-order chi connectivity index (χ0) is 9.52. The van der Waals surface area contributed by atoms with Gasteiger partial charge in [0.15, 0.2) is 5.56 Å². The Kier molecular flexibility index (Phi) is 1.73. The Bertz CT molecular complexity index is 303. The second kappa shape index (κ2) is 2.36. The topological polar surface area (TPSA) is 38.0 Å². The number of nitrogens with zero attached hydrogens (tertiary/aromatic N) is 2. The zero-order valence-electron chi connectivity index (χ0n) is 5.85. The lowest BCUT2D eigenvalue weighted by Gasteiger charge is -2.02. The number of aryl methyl sites for hydroxylation is 1. The molecule has 1 aromatic rings. The lowest BCUT2D eigenvalue weighted by Crippen LogP contribution is -2.07. The van der Waals surface area contributed by atoms with Gasteiger partial charge in [-0.15, -0.1) is 5.10 Å². The monoisotopic (exact) mass is 184 g/mol. The van der Waals surface area contributed by atoms with Gasteiger partial charge in [0.05, 0.1) is 0 Å². The maximum absolute atomic E-state index is 12.5. The number of hydrogen-bond donors (Lipinski definition) is 1. The van der Waals surface area contributed by atoms with Gasteiger partial charge in [-0.05, 0) is 0 Å². The quantitative estimate of drug-likeness (QED) is 0.617. The van der Waals surface area contributed by atoms with Crippen LogP contribution in [0.3, 0.4) is 0 Å². The molecule has 1 N–H and O–H groups in total. The number of aromatic nitrogens is 2. The summed E-state index contributed by atoms with van der Waals surface area (Å²) in [6.07, 6.45) is -4.91. The average Bonchev–Trinajstić information content (AvgIpc) is 2.05. The summed E-state index contributed by atoms with van der Waals surface area (Å²) in [5.41, 5.74) is -1.73. The van der Waals surface area contributed by atoms with Crippen molar-refractivity contribution in [3.05, 3.63) is 11.5 Å². The molecule has 12 heavy (non-hydrogen) atoms. The first kappa shape index (κ1) is 8.82. The van der Waals surface area contributed by atoms with E-state index >= 15 is 0 Å². The van der Waals surface area contributed by atoms with E-state index in [1.54, 1.807) is 0 Å². The van der Waals surface area contributed by atoms with Crippen molar-refractivity contribution in [1.29, 1.82) is 0 Å². The molecule has 0 spiro atoms. The highest BCUT2D eigenvalue weighted by Gasteiger charge is 2.40. The Morgan fingerprint density at radius 3 is 2.08 bits per heavy atom. The third-order valence-electron chi connectivity index (χ3n) is 1.24. The van der Waals surface area contributed by atoms with Gasteiger partial charge in [-0.1, -0.05) is 0 Å². The molecule has 0 fully saturated rings. The fourth-order valence-corrected chi connectivity index (χ4v) is 0.734. The van der Waals surface area contributed by atoms with Gasteiger partial charge < -0.3 is 5.11 Å². The summed E-state index contributed by atoms with van der Waals surface area (Å²) in [4.78, 5) is 0. The van der Waals surface area contributed by atoms with E-state index in [0.717, 1.165) is 7.05 Å². The Balaban J connectivity index is 3.32. The highest BCUT2D eigenvalue weighted by atomic mass is 19.4. The van der Waals surface area contributed by atoms with E-state index in [2.05, 4.69) is 5.10 Å². The maximum atomic E-state index is 12.5. The fraction of sp³-hybridized carbons (Fsp3) is 0.400. The molecule has 0 atom stereocenters. The van der Waals surface area contributed by atoms with Crippen LogP contribution in [0.15, 0.2) is 0 Å². The van der Waals surface area contributed by atoms with Crippen molar-refractivity contribution in [3.8, 4) is 5.88 Å². The molecule has 7 heteroatoms. The second-order valence-electron chi connectivity index (χ2n) is 2.11. The van der Waals surface area contributed by atoms with Gasteiger partial charge in [0.2, 0.25) is 11.8 Å². The van der Waals surface area contributed by atoms with E-state index in [9.17, 15) is 17.6 Å². The minimum Gasteiger partial charge on any atom is -0.492 e. The van der Waals surface area contributed by atoms with Crippen LogP contribution in [0.4, 0.5) is 17.6 Å². The summed E-state index contributed by atoms with van der Waals surface area (Å²) < 4.78 is 48.5. The first-order chi connectivity index (χ1) is 5.34. The Morgan fingerprint density at radius 2 is 1.92 bits per heavy atom. The Labute approximate surface area is 64.2 Å². The Morgan fingerprint density at radius 1 is 1.42 bits per heavy atom. The second-order valence-corrected chi connectivity index (χ2v) is 2.11. The van der Waals surface area contributed by atoms with E-state index in [1.165, 1.54) is 0 Å². The summed E-state index contributed by atoms with van der Waals surface area (Å²) >= 11 is 0. The smallest absolute Gasteiger partial charge is 0.426 e. The van der Waals surface area contributed by atoms with Crippen molar-refractivity contribution in [3.63, 3.8) is 0 Å². The lowest BCUT2D eigenvalue weighted by atomic mass is 10.3. The van der Waals surface area contributed by atoms with Crippen LogP contribution >= 0.6 is 0 Å². The number of alkyl halides is 3. The summed E-state index contributed by atoms with van der Waals surface area (Å²) in [6, 6.07) is 0. The highest BCUT2D eigenvalue weighted by Crippen LogP contribution is 2.36. The number of rotatable bonds is 0. The molecule has 0 aromatic carbocycles. The van der Waals surface area contributed by atoms with Crippen molar-refractivity contribution < 1.29 is 22.7 Å². The van der Waals surface area contributed by atoms with Crippen LogP contribution in [0.5, 0.6) is 5.88 Å². The fourth-order valence-electron chi connectivity index (χ4n) is 0.734. The molecule has 0 aliphatic carbocycles. The van der Waals surface area contributed by atoms with Crippen LogP contribution in [-0.4, -0.2) is 14.9 Å². The van der Waals surface area contributed by atoms with Crippen molar-refractivity contribution in [2.24, 2.45) is 7.05 Å². The first-order valence-corrected chi connectivity index (χ1v) is 2.82. The molecule has 3 nitrogen and oxygen atoms in total. The van der Waals surface area contributed by atoms with Gasteiger partial charge in [0, 0.05) is 7.05 Å². The van der Waals surface area contributed by atoms with Crippen molar-refractivity contribution >= 4 is 0 Å². The highest BCUT2D eigenvalue weighted by molar-refractivity contribution is 5.26. The molecule has 0 unspecified atom stereocenters. The summed E-state index contributed by atoms with van der Waals surface area (Å²) in [7, 11) is 0.963. The van der Waals surface area contributed by atoms with Gasteiger partial charge >= 0.3 is 6.18 Å². The zero-order valence-corrected chi connectivity index (χ0v) is 5.85. The normalized spacial score (nSPS) is 12.1. The molecule has 68 valence electrons. The molecule has 1 heterocycles. The largest absolute Gasteiger partial charge is 0.492 e. The van der Waals surface area contributed by atoms with Gasteiger partial charge in [-0.25, -0.2) is 4.68 Å². The first-order valence-electron chi connectivity index (χ1n) is 2.82. The third-order valence-corrected chi connectivity index (χ3v) is 1.24. The van der Waals surface area contributed by atoms with Gasteiger partial charge in [-0.2, -0.15) is 17.6 Å². The number of aromatic hydroxyl groups is 1. The van der Waals surface area contributed by atoms with Crippen molar-refractivity contribution in [2.75, 3.05) is 0 Å². The molecule has 1 aromatic heterocycles. The molecule has 0 radical (unpaired) electrons. The van der Waals surface area contributed by atoms with Gasteiger partial charge in [-0.3, -0.25) is 0 Å². The molecule has 0 saturated carbocycles. The standard InChI is InChI=1S/C5H4F4N2O/c1-11-3(6)2(4(12)10-11)5(7,8)9/h1H3,(H,10,12). The predicted octanol–water partition coefficient (Wildman–Crippen LogP) is 1.28. The van der Waals surface area contributed by atoms with E-state index in [1.807, 2.05) is 0 Å². The van der Waals surface area contributed by atoms with Crippen LogP contribution in [0.1, 0.15) is 5.56 Å². The molecule has 0 aliphatic rings. The molecule has 1 rings (SSSR count). The number of halogens is 4. The Hall–Kier alpha value is -1.27. The summed E-state index contributed by atoms with van der Waals surface area (Å²) in [6.45, 7) is 0. The van der Waals surface area contributed by atoms with Gasteiger partial charge in [0.1, 0.15) is 0 Å². The molecule has 0 aliphatic heterocycles. The molecule has 0 bridgehead atoms. The van der Waals surface area contributed by atoms with E-state index < -0.39 is 23.6 Å². The van der Waals surface area contributed by atoms with Crippen LogP contribution in [0.2, 0.25) is 0 Å². The number of hydrogen-bond acceptors (Lipinski definition) is 2. The van der Waals surface area contributed by atoms with E-state index in [4.69, 9.17) is 5.11 Å². The summed E-state index contributed by atoms with van der Waals surface area (Å²) in [5, 5.41) is 11.4. The SMILES string of the molecule is Cn1nc(O)c(C(F)(F)F)c1F. The van der Waals surface area contributed by atoms with Crippen LogP contribution < -0.4 is 0 Å². The minimum atomic E-state index is -4.91. The molecular weight excluding hydrogens is 180 g/mol. The van der Waals surface area contributed by atoms with Gasteiger partial charge in [0.25, 0.3) is 0 Å². The minimum absolute atomic E-state index is 0.318. The molecular formula is C5H4F4N2O. The average molecular weight is 184 g/mol. The maximum Gasteiger partial charge on any atom is 0.426 e. The van der Waals surface area contributed by atoms with Crippen LogP contribution in [-0.2, 0) is 13.2 Å². The van der Waals surface area contributed by atoms with Crippen LogP contribution in [0.25, 0.3) is 0 Å².